The molecule has 2 rings (SSSR count). The summed E-state index contributed by atoms with van der Waals surface area (Å²) < 4.78 is 5.27. The largest absolute Gasteiger partial charge is 0.462 e. The van der Waals surface area contributed by atoms with Gasteiger partial charge in [-0.15, -0.1) is 11.3 Å². The average Bonchev–Trinajstić information content (AvgIpc) is 2.91. The molecular formula is C14H11N3O4S. The van der Waals surface area contributed by atoms with Crippen molar-refractivity contribution in [3.8, 4) is 6.07 Å². The molecule has 0 saturated carbocycles. The van der Waals surface area contributed by atoms with Crippen LogP contribution in [0.5, 0.6) is 0 Å². The van der Waals surface area contributed by atoms with E-state index < -0.39 is 10.9 Å². The Bertz CT molecular complexity index is 804. The van der Waals surface area contributed by atoms with E-state index in [0.717, 1.165) is 0 Å². The van der Waals surface area contributed by atoms with Gasteiger partial charge >= 0.3 is 5.97 Å². The third-order valence-corrected chi connectivity index (χ3v) is 3.78. The molecule has 0 aliphatic rings. The van der Waals surface area contributed by atoms with Crippen LogP contribution in [0.1, 0.15) is 6.92 Å². The Labute approximate surface area is 129 Å². The monoisotopic (exact) mass is 317 g/mol. The van der Waals surface area contributed by atoms with Crippen LogP contribution in [0.2, 0.25) is 0 Å². The number of carbonyl (C=O) groups excluding carboxylic acids is 1. The number of thiophene rings is 1. The van der Waals surface area contributed by atoms with Gasteiger partial charge in [0.15, 0.2) is 5.57 Å². The van der Waals surface area contributed by atoms with Crippen molar-refractivity contribution >= 4 is 38.8 Å². The zero-order valence-electron chi connectivity index (χ0n) is 11.5. The lowest BCUT2D eigenvalue weighted by Gasteiger charge is -2.02. The molecule has 0 aliphatic heterocycles. The topological polar surface area (TPSA) is 105 Å². The summed E-state index contributed by atoms with van der Waals surface area (Å²) >= 11 is 1.21. The number of fused-ring (bicyclic) bond motifs is 1. The molecule has 0 bridgehead atoms. The van der Waals surface area contributed by atoms with Crippen LogP contribution in [0.4, 0.5) is 11.4 Å². The number of hydrogen-bond acceptors (Lipinski definition) is 7. The SMILES string of the molecule is CCOC(=O)C(C#N)=CNc1csc2c([N+](=O)[O-])cccc12. The molecule has 112 valence electrons. The first-order valence-corrected chi connectivity index (χ1v) is 7.15. The first-order valence-electron chi connectivity index (χ1n) is 6.27. The summed E-state index contributed by atoms with van der Waals surface area (Å²) in [5.74, 6) is -0.719. The maximum Gasteiger partial charge on any atom is 0.350 e. The molecule has 0 atom stereocenters. The lowest BCUT2D eigenvalue weighted by Crippen LogP contribution is -2.07. The predicted molar refractivity (Wildman–Crippen MR) is 82.4 cm³/mol. The van der Waals surface area contributed by atoms with Crippen molar-refractivity contribution in [2.45, 2.75) is 6.92 Å². The number of benzene rings is 1. The van der Waals surface area contributed by atoms with Crippen molar-refractivity contribution in [2.24, 2.45) is 0 Å². The van der Waals surface area contributed by atoms with Crippen molar-refractivity contribution in [1.29, 1.82) is 5.26 Å². The number of esters is 1. The molecule has 8 heteroatoms. The van der Waals surface area contributed by atoms with Gasteiger partial charge < -0.3 is 10.1 Å². The number of nitrogens with one attached hydrogen (secondary N) is 1. The Balaban J connectivity index is 2.33. The van der Waals surface area contributed by atoms with Gasteiger partial charge in [0.25, 0.3) is 5.69 Å². The molecule has 0 saturated heterocycles. The van der Waals surface area contributed by atoms with E-state index in [4.69, 9.17) is 10.00 Å². The molecule has 0 radical (unpaired) electrons. The summed E-state index contributed by atoms with van der Waals surface area (Å²) in [7, 11) is 0. The number of anilines is 1. The number of carbonyl (C=O) groups is 1. The molecule has 1 aromatic heterocycles. The van der Waals surface area contributed by atoms with E-state index in [0.29, 0.717) is 15.8 Å². The third kappa shape index (κ3) is 3.05. The van der Waals surface area contributed by atoms with Crippen LogP contribution in [0, 0.1) is 21.4 Å². The van der Waals surface area contributed by atoms with Crippen LogP contribution in [-0.2, 0) is 9.53 Å². The molecule has 0 amide bonds. The number of nitro benzene ring substituents is 1. The second-order valence-corrected chi connectivity index (χ2v) is 4.97. The van der Waals surface area contributed by atoms with Crippen LogP contribution in [0.3, 0.4) is 0 Å². The highest BCUT2D eigenvalue weighted by atomic mass is 32.1. The Morgan fingerprint density at radius 3 is 3.00 bits per heavy atom. The van der Waals surface area contributed by atoms with Crippen molar-refractivity contribution in [3.63, 3.8) is 0 Å². The van der Waals surface area contributed by atoms with E-state index in [-0.39, 0.29) is 17.9 Å². The number of ether oxygens (including phenoxy) is 1. The van der Waals surface area contributed by atoms with Gasteiger partial charge in [0.05, 0.1) is 17.2 Å². The maximum absolute atomic E-state index is 11.5. The van der Waals surface area contributed by atoms with Gasteiger partial charge in [-0.2, -0.15) is 5.26 Å². The summed E-state index contributed by atoms with van der Waals surface area (Å²) in [5.41, 5.74) is 0.429. The lowest BCUT2D eigenvalue weighted by atomic mass is 10.2. The van der Waals surface area contributed by atoms with Crippen molar-refractivity contribution in [2.75, 3.05) is 11.9 Å². The standard InChI is InChI=1S/C14H11N3O4S/c1-2-21-14(18)9(6-15)7-16-11-8-22-13-10(11)4-3-5-12(13)17(19)20/h3-5,7-8,16H,2H2,1H3. The fourth-order valence-electron chi connectivity index (χ4n) is 1.79. The summed E-state index contributed by atoms with van der Waals surface area (Å²) in [5, 5.41) is 25.1. The molecule has 7 nitrogen and oxygen atoms in total. The number of nitro groups is 1. The van der Waals surface area contributed by atoms with E-state index in [1.807, 2.05) is 0 Å². The Kier molecular flexibility index (Phi) is 4.70. The highest BCUT2D eigenvalue weighted by Gasteiger charge is 2.15. The van der Waals surface area contributed by atoms with E-state index in [9.17, 15) is 14.9 Å². The average molecular weight is 317 g/mol. The van der Waals surface area contributed by atoms with E-state index in [1.54, 1.807) is 30.5 Å². The van der Waals surface area contributed by atoms with Crippen LogP contribution >= 0.6 is 11.3 Å². The van der Waals surface area contributed by atoms with Crippen LogP contribution in [-0.4, -0.2) is 17.5 Å². The van der Waals surface area contributed by atoms with Crippen molar-refractivity contribution < 1.29 is 14.5 Å². The molecule has 0 fully saturated rings. The smallest absolute Gasteiger partial charge is 0.350 e. The maximum atomic E-state index is 11.5. The second kappa shape index (κ2) is 6.69. The molecule has 0 unspecified atom stereocenters. The first kappa shape index (κ1) is 15.5. The van der Waals surface area contributed by atoms with Gasteiger partial charge in [-0.05, 0) is 6.92 Å². The summed E-state index contributed by atoms with van der Waals surface area (Å²) in [6, 6.07) is 6.48. The van der Waals surface area contributed by atoms with Crippen LogP contribution < -0.4 is 5.32 Å². The first-order chi connectivity index (χ1) is 10.6. The fraction of sp³-hybridized carbons (Fsp3) is 0.143. The van der Waals surface area contributed by atoms with Gasteiger partial charge in [0.1, 0.15) is 10.8 Å². The highest BCUT2D eigenvalue weighted by molar-refractivity contribution is 7.18. The summed E-state index contributed by atoms with van der Waals surface area (Å²) in [6.07, 6.45) is 1.23. The molecule has 1 heterocycles. The van der Waals surface area contributed by atoms with Gasteiger partial charge in [0, 0.05) is 23.0 Å². The normalized spacial score (nSPS) is 11.0. The van der Waals surface area contributed by atoms with Gasteiger partial charge in [-0.1, -0.05) is 12.1 Å². The molecular weight excluding hydrogens is 306 g/mol. The van der Waals surface area contributed by atoms with Crippen molar-refractivity contribution in [3.05, 3.63) is 45.5 Å². The van der Waals surface area contributed by atoms with E-state index >= 15 is 0 Å². The minimum atomic E-state index is -0.719. The molecule has 22 heavy (non-hydrogen) atoms. The number of nitrogens with zero attached hydrogens (tertiary/aromatic N) is 2. The summed E-state index contributed by atoms with van der Waals surface area (Å²) in [6.45, 7) is 1.82. The quantitative estimate of drug-likeness (QED) is 0.298. The molecule has 1 N–H and O–H groups in total. The van der Waals surface area contributed by atoms with Gasteiger partial charge in [-0.3, -0.25) is 10.1 Å². The molecule has 0 aliphatic carbocycles. The fourth-order valence-corrected chi connectivity index (χ4v) is 2.79. The number of hydrogen-bond donors (Lipinski definition) is 1. The molecule has 1 aromatic carbocycles. The zero-order valence-corrected chi connectivity index (χ0v) is 12.3. The Morgan fingerprint density at radius 1 is 1.59 bits per heavy atom. The van der Waals surface area contributed by atoms with Gasteiger partial charge in [0.2, 0.25) is 0 Å². The Hall–Kier alpha value is -2.92. The number of rotatable bonds is 5. The third-order valence-electron chi connectivity index (χ3n) is 2.76. The van der Waals surface area contributed by atoms with Gasteiger partial charge in [-0.25, -0.2) is 4.79 Å². The Morgan fingerprint density at radius 2 is 2.36 bits per heavy atom. The highest BCUT2D eigenvalue weighted by Crippen LogP contribution is 2.36. The summed E-state index contributed by atoms with van der Waals surface area (Å²) in [4.78, 5) is 22.0. The van der Waals surface area contributed by atoms with Crippen LogP contribution in [0.25, 0.3) is 10.1 Å². The predicted octanol–water partition coefficient (Wildman–Crippen LogP) is 3.19. The number of nitriles is 1. The second-order valence-electron chi connectivity index (χ2n) is 4.09. The molecule has 2 aromatic rings. The minimum Gasteiger partial charge on any atom is -0.462 e. The minimum absolute atomic E-state index is 0.0189. The zero-order chi connectivity index (χ0) is 16.1. The number of non-ortho nitro benzene ring substituents is 1. The lowest BCUT2D eigenvalue weighted by molar-refractivity contribution is -0.382. The van der Waals surface area contributed by atoms with Crippen molar-refractivity contribution in [1.82, 2.24) is 0 Å². The van der Waals surface area contributed by atoms with E-state index in [2.05, 4.69) is 5.32 Å². The molecule has 0 spiro atoms. The van der Waals surface area contributed by atoms with Crippen LogP contribution in [0.15, 0.2) is 35.4 Å². The van der Waals surface area contributed by atoms with E-state index in [1.165, 1.54) is 23.6 Å².